The Labute approximate surface area is 223 Å². The number of sulfonamides is 1. The van der Waals surface area contributed by atoms with Crippen molar-refractivity contribution in [3.63, 3.8) is 0 Å². The quantitative estimate of drug-likeness (QED) is 0.344. The third-order valence-electron chi connectivity index (χ3n) is 6.67. The smallest absolute Gasteiger partial charge is 0.269 e. The number of nitrogens with two attached hydrogens (primary N) is 1. The monoisotopic (exact) mass is 551 g/mol. The summed E-state index contributed by atoms with van der Waals surface area (Å²) in [5.74, 6) is 0. The van der Waals surface area contributed by atoms with E-state index in [0.717, 1.165) is 47.3 Å². The summed E-state index contributed by atoms with van der Waals surface area (Å²) < 4.78 is 52.7. The first kappa shape index (κ1) is 26.1. The number of rotatable bonds is 8. The Hall–Kier alpha value is -3.51. The summed E-state index contributed by atoms with van der Waals surface area (Å²) in [5, 5.41) is 8.49. The first-order chi connectivity index (χ1) is 18.2. The number of anilines is 1. The molecular formula is C27H29N5O4S2. The predicted octanol–water partition coefficient (Wildman–Crippen LogP) is 3.11. The average Bonchev–Trinajstić information content (AvgIpc) is 3.34. The molecule has 1 aliphatic rings. The van der Waals surface area contributed by atoms with Crippen LogP contribution in [0, 0.1) is 0 Å². The fourth-order valence-electron chi connectivity index (χ4n) is 4.89. The van der Waals surface area contributed by atoms with Crippen LogP contribution in [0.2, 0.25) is 0 Å². The van der Waals surface area contributed by atoms with Crippen LogP contribution in [-0.4, -0.2) is 39.4 Å². The van der Waals surface area contributed by atoms with Gasteiger partial charge in [0.05, 0.1) is 10.6 Å². The van der Waals surface area contributed by atoms with Crippen molar-refractivity contribution in [1.82, 2.24) is 14.3 Å². The normalized spacial score (nSPS) is 13.9. The van der Waals surface area contributed by atoms with E-state index in [-0.39, 0.29) is 9.79 Å². The molecule has 198 valence electrons. The lowest BCUT2D eigenvalue weighted by Crippen LogP contribution is -2.29. The van der Waals surface area contributed by atoms with Gasteiger partial charge >= 0.3 is 0 Å². The molecule has 3 N–H and O–H groups in total. The van der Waals surface area contributed by atoms with E-state index in [2.05, 4.69) is 15.2 Å². The maximum absolute atomic E-state index is 13.7. The van der Waals surface area contributed by atoms with E-state index in [1.807, 2.05) is 43.4 Å². The molecule has 0 fully saturated rings. The van der Waals surface area contributed by atoms with Crippen molar-refractivity contribution < 1.29 is 16.8 Å². The maximum Gasteiger partial charge on any atom is 0.269 e. The molecular weight excluding hydrogens is 522 g/mol. The summed E-state index contributed by atoms with van der Waals surface area (Å²) in [5.41, 5.74) is 4.94. The SMILES string of the molecule is CNCc1cc(-c2ccccc2CN2CCCc3ccc(S(N)(=O)=O)cc32)n(S(=O)(=O)c2cccnc2)c1. The second-order valence-corrected chi connectivity index (χ2v) is 12.6. The van der Waals surface area contributed by atoms with Gasteiger partial charge in [-0.3, -0.25) is 4.98 Å². The van der Waals surface area contributed by atoms with Crippen LogP contribution in [0.3, 0.4) is 0 Å². The minimum absolute atomic E-state index is 0.0737. The van der Waals surface area contributed by atoms with Crippen LogP contribution in [0.1, 0.15) is 23.1 Å². The molecule has 0 radical (unpaired) electrons. The van der Waals surface area contributed by atoms with Crippen LogP contribution in [0.5, 0.6) is 0 Å². The second-order valence-electron chi connectivity index (χ2n) is 9.27. The van der Waals surface area contributed by atoms with Crippen LogP contribution in [0.25, 0.3) is 11.3 Å². The highest BCUT2D eigenvalue weighted by Crippen LogP contribution is 2.34. The molecule has 38 heavy (non-hydrogen) atoms. The number of hydrogen-bond acceptors (Lipinski definition) is 7. The molecule has 1 aliphatic heterocycles. The third-order valence-corrected chi connectivity index (χ3v) is 9.24. The van der Waals surface area contributed by atoms with Crippen LogP contribution in [0.15, 0.2) is 89.0 Å². The minimum Gasteiger partial charge on any atom is -0.367 e. The zero-order valence-electron chi connectivity index (χ0n) is 20.9. The third kappa shape index (κ3) is 5.10. The zero-order valence-corrected chi connectivity index (χ0v) is 22.5. The Balaban J connectivity index is 1.60. The van der Waals surface area contributed by atoms with E-state index < -0.39 is 20.0 Å². The topological polar surface area (TPSA) is 127 Å². The standard InChI is InChI=1S/C27H29N5O4S2/c1-29-16-20-14-27(32(18-20)38(35,36)24-8-4-12-30-17-24)25-9-3-2-6-22(25)19-31-13-5-7-21-10-11-23(15-26(21)31)37(28,33)34/h2-4,6,8-12,14-15,17-18,29H,5,7,13,16,19H2,1H3,(H2,28,33,34). The minimum atomic E-state index is -3.90. The number of nitrogens with zero attached hydrogens (tertiary/aromatic N) is 3. The average molecular weight is 552 g/mol. The van der Waals surface area contributed by atoms with Crippen molar-refractivity contribution in [3.8, 4) is 11.3 Å². The highest BCUT2D eigenvalue weighted by atomic mass is 32.2. The lowest BCUT2D eigenvalue weighted by atomic mass is 9.99. The van der Waals surface area contributed by atoms with Gasteiger partial charge in [0.2, 0.25) is 10.0 Å². The van der Waals surface area contributed by atoms with Crippen molar-refractivity contribution in [3.05, 3.63) is 95.9 Å². The molecule has 2 aromatic heterocycles. The lowest BCUT2D eigenvalue weighted by Gasteiger charge is -2.32. The fourth-order valence-corrected chi connectivity index (χ4v) is 6.78. The number of hydrogen-bond donors (Lipinski definition) is 2. The first-order valence-corrected chi connectivity index (χ1v) is 15.2. The molecule has 2 aromatic carbocycles. The molecule has 0 amide bonds. The molecule has 0 atom stereocenters. The van der Waals surface area contributed by atoms with Gasteiger partial charge in [0.25, 0.3) is 10.0 Å². The Kier molecular flexibility index (Phi) is 7.10. The summed E-state index contributed by atoms with van der Waals surface area (Å²) in [4.78, 5) is 6.30. The molecule has 5 rings (SSSR count). The lowest BCUT2D eigenvalue weighted by molar-refractivity contribution is 0.587. The largest absolute Gasteiger partial charge is 0.367 e. The van der Waals surface area contributed by atoms with Crippen molar-refractivity contribution in [2.75, 3.05) is 18.5 Å². The van der Waals surface area contributed by atoms with Gasteiger partial charge in [-0.1, -0.05) is 30.3 Å². The molecule has 0 saturated heterocycles. The highest BCUT2D eigenvalue weighted by molar-refractivity contribution is 7.90. The molecule has 4 aromatic rings. The molecule has 11 heteroatoms. The van der Waals surface area contributed by atoms with Crippen molar-refractivity contribution in [1.29, 1.82) is 0 Å². The van der Waals surface area contributed by atoms with E-state index >= 15 is 0 Å². The van der Waals surface area contributed by atoms with E-state index in [9.17, 15) is 16.8 Å². The van der Waals surface area contributed by atoms with E-state index in [1.165, 1.54) is 22.4 Å². The number of pyridine rings is 1. The van der Waals surface area contributed by atoms with Gasteiger partial charge in [-0.15, -0.1) is 0 Å². The summed E-state index contributed by atoms with van der Waals surface area (Å²) >= 11 is 0. The van der Waals surface area contributed by atoms with E-state index in [0.29, 0.717) is 18.8 Å². The van der Waals surface area contributed by atoms with Gasteiger partial charge in [0.1, 0.15) is 4.90 Å². The van der Waals surface area contributed by atoms with Gasteiger partial charge in [-0.2, -0.15) is 0 Å². The van der Waals surface area contributed by atoms with Crippen LogP contribution in [-0.2, 0) is 39.6 Å². The van der Waals surface area contributed by atoms with Gasteiger partial charge in [0, 0.05) is 49.5 Å². The molecule has 0 unspecified atom stereocenters. The van der Waals surface area contributed by atoms with Crippen LogP contribution < -0.4 is 15.4 Å². The van der Waals surface area contributed by atoms with Gasteiger partial charge in [-0.05, 0) is 66.9 Å². The molecule has 0 bridgehead atoms. The Bertz CT molecular complexity index is 1680. The van der Waals surface area contributed by atoms with Crippen molar-refractivity contribution in [2.24, 2.45) is 5.14 Å². The maximum atomic E-state index is 13.7. The molecule has 9 nitrogen and oxygen atoms in total. The van der Waals surface area contributed by atoms with Gasteiger partial charge in [0.15, 0.2) is 0 Å². The summed E-state index contributed by atoms with van der Waals surface area (Å²) in [7, 11) is -5.94. The van der Waals surface area contributed by atoms with Crippen molar-refractivity contribution >= 4 is 25.7 Å². The summed E-state index contributed by atoms with van der Waals surface area (Å²) in [6.07, 6.45) is 6.28. The Morgan fingerprint density at radius 1 is 1.00 bits per heavy atom. The van der Waals surface area contributed by atoms with Gasteiger partial charge < -0.3 is 10.2 Å². The summed E-state index contributed by atoms with van der Waals surface area (Å²) in [6, 6.07) is 17.7. The Morgan fingerprint density at radius 3 is 2.55 bits per heavy atom. The number of aromatic nitrogens is 2. The van der Waals surface area contributed by atoms with E-state index in [4.69, 9.17) is 5.14 Å². The number of fused-ring (bicyclic) bond motifs is 1. The number of nitrogens with one attached hydrogen (secondary N) is 1. The molecule has 3 heterocycles. The van der Waals surface area contributed by atoms with Crippen molar-refractivity contribution in [2.45, 2.75) is 35.7 Å². The van der Waals surface area contributed by atoms with E-state index in [1.54, 1.807) is 24.4 Å². The Morgan fingerprint density at radius 2 is 1.82 bits per heavy atom. The van der Waals surface area contributed by atoms with Crippen LogP contribution >= 0.6 is 0 Å². The second kappa shape index (κ2) is 10.3. The molecule has 0 aliphatic carbocycles. The zero-order chi connectivity index (χ0) is 26.9. The highest BCUT2D eigenvalue weighted by Gasteiger charge is 2.25. The fraction of sp³-hybridized carbons (Fsp3) is 0.222. The van der Waals surface area contributed by atoms with Crippen LogP contribution in [0.4, 0.5) is 5.69 Å². The predicted molar refractivity (Wildman–Crippen MR) is 147 cm³/mol. The van der Waals surface area contributed by atoms with Gasteiger partial charge in [-0.25, -0.2) is 25.9 Å². The first-order valence-electron chi connectivity index (χ1n) is 12.2. The molecule has 0 spiro atoms. The molecule has 0 saturated carbocycles. The number of benzene rings is 2. The number of aryl methyl sites for hydroxylation is 1. The summed E-state index contributed by atoms with van der Waals surface area (Å²) in [6.45, 7) is 1.70. The number of primary sulfonamides is 1.